The first kappa shape index (κ1) is 8.97. The summed E-state index contributed by atoms with van der Waals surface area (Å²) in [6, 6.07) is 0.343. The molecule has 0 aromatic heterocycles. The zero-order valence-electron chi connectivity index (χ0n) is 7.79. The van der Waals surface area contributed by atoms with Gasteiger partial charge in [-0.2, -0.15) is 0 Å². The van der Waals surface area contributed by atoms with Gasteiger partial charge in [0.2, 0.25) is 5.91 Å². The fourth-order valence-electron chi connectivity index (χ4n) is 1.90. The number of likely N-dealkylation sites (tertiary alicyclic amines) is 1. The highest BCUT2D eigenvalue weighted by molar-refractivity contribution is 5.78. The normalized spacial score (nSPS) is 29.7. The highest BCUT2D eigenvalue weighted by Gasteiger charge is 2.24. The Labute approximate surface area is 78.2 Å². The number of amides is 1. The summed E-state index contributed by atoms with van der Waals surface area (Å²) < 4.78 is 5.33. The first-order chi connectivity index (χ1) is 6.36. The molecule has 0 saturated carbocycles. The van der Waals surface area contributed by atoms with Crippen LogP contribution in [0.5, 0.6) is 0 Å². The summed E-state index contributed by atoms with van der Waals surface area (Å²) in [6.07, 6.45) is 1.75. The Hall–Kier alpha value is -0.610. The molecule has 2 heterocycles. The summed E-state index contributed by atoms with van der Waals surface area (Å²) in [6.45, 7) is 4.19. The fraction of sp³-hybridized carbons (Fsp3) is 0.889. The molecule has 0 radical (unpaired) electrons. The topological polar surface area (TPSA) is 41.6 Å². The van der Waals surface area contributed by atoms with Crippen molar-refractivity contribution >= 4 is 5.91 Å². The molecule has 0 spiro atoms. The molecule has 1 atom stereocenters. The Balaban J connectivity index is 1.79. The zero-order valence-corrected chi connectivity index (χ0v) is 7.79. The van der Waals surface area contributed by atoms with E-state index >= 15 is 0 Å². The van der Waals surface area contributed by atoms with Crippen LogP contribution in [0.25, 0.3) is 0 Å². The van der Waals surface area contributed by atoms with Gasteiger partial charge in [0.1, 0.15) is 0 Å². The standard InChI is InChI=1S/C9H16N2O2/c12-9-2-1-4-11(9)6-8-7-13-5-3-10-8/h8,10H,1-7H2. The number of carbonyl (C=O) groups excluding carboxylic acids is 1. The van der Waals surface area contributed by atoms with Gasteiger partial charge in [-0.15, -0.1) is 0 Å². The van der Waals surface area contributed by atoms with Crippen LogP contribution in [0.1, 0.15) is 12.8 Å². The van der Waals surface area contributed by atoms with Gasteiger partial charge in [0.15, 0.2) is 0 Å². The highest BCUT2D eigenvalue weighted by Crippen LogP contribution is 2.10. The SMILES string of the molecule is O=C1CCCN1CC1COCCN1. The molecule has 1 N–H and O–H groups in total. The van der Waals surface area contributed by atoms with Crippen LogP contribution in [0, 0.1) is 0 Å². The van der Waals surface area contributed by atoms with E-state index in [1.54, 1.807) is 0 Å². The van der Waals surface area contributed by atoms with Crippen LogP contribution < -0.4 is 5.32 Å². The van der Waals surface area contributed by atoms with Crippen molar-refractivity contribution < 1.29 is 9.53 Å². The van der Waals surface area contributed by atoms with E-state index in [9.17, 15) is 4.79 Å². The minimum absolute atomic E-state index is 0.298. The van der Waals surface area contributed by atoms with E-state index in [0.29, 0.717) is 11.9 Å². The number of rotatable bonds is 2. The first-order valence-electron chi connectivity index (χ1n) is 4.95. The molecule has 1 amide bonds. The minimum Gasteiger partial charge on any atom is -0.378 e. The Morgan fingerprint density at radius 3 is 3.15 bits per heavy atom. The summed E-state index contributed by atoms with van der Waals surface area (Å²) >= 11 is 0. The number of nitrogens with one attached hydrogen (secondary N) is 1. The van der Waals surface area contributed by atoms with E-state index in [1.807, 2.05) is 4.90 Å². The smallest absolute Gasteiger partial charge is 0.222 e. The number of carbonyl (C=O) groups is 1. The van der Waals surface area contributed by atoms with Crippen LogP contribution in [0.3, 0.4) is 0 Å². The van der Waals surface area contributed by atoms with Crippen molar-refractivity contribution in [2.24, 2.45) is 0 Å². The van der Waals surface area contributed by atoms with Gasteiger partial charge in [-0.25, -0.2) is 0 Å². The Morgan fingerprint density at radius 2 is 2.54 bits per heavy atom. The molecule has 2 fully saturated rings. The lowest BCUT2D eigenvalue weighted by molar-refractivity contribution is -0.128. The Bertz CT molecular complexity index is 190. The monoisotopic (exact) mass is 184 g/mol. The molecule has 0 aromatic carbocycles. The quantitative estimate of drug-likeness (QED) is 0.634. The maximum absolute atomic E-state index is 11.3. The van der Waals surface area contributed by atoms with Crippen molar-refractivity contribution in [1.29, 1.82) is 0 Å². The largest absolute Gasteiger partial charge is 0.378 e. The molecule has 74 valence electrons. The van der Waals surface area contributed by atoms with Crippen molar-refractivity contribution in [2.45, 2.75) is 18.9 Å². The zero-order chi connectivity index (χ0) is 9.10. The van der Waals surface area contributed by atoms with Gasteiger partial charge in [0.05, 0.1) is 13.2 Å². The third-order valence-electron chi connectivity index (χ3n) is 2.61. The summed E-state index contributed by atoms with van der Waals surface area (Å²) in [4.78, 5) is 13.2. The van der Waals surface area contributed by atoms with E-state index in [2.05, 4.69) is 5.32 Å². The number of ether oxygens (including phenoxy) is 1. The van der Waals surface area contributed by atoms with Gasteiger partial charge in [-0.05, 0) is 6.42 Å². The molecule has 13 heavy (non-hydrogen) atoms. The van der Waals surface area contributed by atoms with E-state index in [1.165, 1.54) is 0 Å². The molecule has 1 unspecified atom stereocenters. The molecule has 2 aliphatic rings. The van der Waals surface area contributed by atoms with Gasteiger partial charge in [0, 0.05) is 32.1 Å². The summed E-state index contributed by atoms with van der Waals surface area (Å²) in [5.41, 5.74) is 0. The second-order valence-electron chi connectivity index (χ2n) is 3.67. The number of nitrogens with zero attached hydrogens (tertiary/aromatic N) is 1. The summed E-state index contributed by atoms with van der Waals surface area (Å²) in [5, 5.41) is 3.35. The van der Waals surface area contributed by atoms with Crippen molar-refractivity contribution in [3.8, 4) is 0 Å². The molecular formula is C9H16N2O2. The predicted molar refractivity (Wildman–Crippen MR) is 48.4 cm³/mol. The van der Waals surface area contributed by atoms with Crippen LogP contribution in [-0.4, -0.2) is 49.7 Å². The van der Waals surface area contributed by atoms with Gasteiger partial charge in [0.25, 0.3) is 0 Å². The van der Waals surface area contributed by atoms with Gasteiger partial charge < -0.3 is 15.0 Å². The van der Waals surface area contributed by atoms with Crippen LogP contribution in [0.4, 0.5) is 0 Å². The van der Waals surface area contributed by atoms with Crippen molar-refractivity contribution in [3.63, 3.8) is 0 Å². The van der Waals surface area contributed by atoms with Crippen LogP contribution in [-0.2, 0) is 9.53 Å². The van der Waals surface area contributed by atoms with E-state index in [4.69, 9.17) is 4.74 Å². The average Bonchev–Trinajstić information content (AvgIpc) is 2.54. The Morgan fingerprint density at radius 1 is 1.62 bits per heavy atom. The van der Waals surface area contributed by atoms with Gasteiger partial charge in [-0.3, -0.25) is 4.79 Å². The highest BCUT2D eigenvalue weighted by atomic mass is 16.5. The van der Waals surface area contributed by atoms with Crippen molar-refractivity contribution in [1.82, 2.24) is 10.2 Å². The number of hydrogen-bond acceptors (Lipinski definition) is 3. The molecule has 2 rings (SSSR count). The second-order valence-corrected chi connectivity index (χ2v) is 3.67. The average molecular weight is 184 g/mol. The lowest BCUT2D eigenvalue weighted by atomic mass is 10.2. The van der Waals surface area contributed by atoms with Crippen molar-refractivity contribution in [2.75, 3.05) is 32.8 Å². The second kappa shape index (κ2) is 4.07. The first-order valence-corrected chi connectivity index (χ1v) is 4.95. The Kier molecular flexibility index (Phi) is 2.80. The lowest BCUT2D eigenvalue weighted by Gasteiger charge is -2.27. The minimum atomic E-state index is 0.298. The predicted octanol–water partition coefficient (Wildman–Crippen LogP) is -0.403. The van der Waals surface area contributed by atoms with Crippen molar-refractivity contribution in [3.05, 3.63) is 0 Å². The van der Waals surface area contributed by atoms with Gasteiger partial charge in [-0.1, -0.05) is 0 Å². The molecular weight excluding hydrogens is 168 g/mol. The lowest BCUT2D eigenvalue weighted by Crippen LogP contribution is -2.48. The molecule has 2 saturated heterocycles. The third-order valence-corrected chi connectivity index (χ3v) is 2.61. The molecule has 2 aliphatic heterocycles. The third kappa shape index (κ3) is 2.19. The number of hydrogen-bond donors (Lipinski definition) is 1. The number of morpholine rings is 1. The van der Waals surface area contributed by atoms with Crippen LogP contribution in [0.15, 0.2) is 0 Å². The van der Waals surface area contributed by atoms with E-state index < -0.39 is 0 Å². The van der Waals surface area contributed by atoms with Gasteiger partial charge >= 0.3 is 0 Å². The molecule has 0 aromatic rings. The molecule has 4 nitrogen and oxygen atoms in total. The van der Waals surface area contributed by atoms with Crippen LogP contribution >= 0.6 is 0 Å². The fourth-order valence-corrected chi connectivity index (χ4v) is 1.90. The maximum Gasteiger partial charge on any atom is 0.222 e. The summed E-state index contributed by atoms with van der Waals surface area (Å²) in [5.74, 6) is 0.298. The molecule has 0 bridgehead atoms. The molecule has 0 aliphatic carbocycles. The maximum atomic E-state index is 11.3. The van der Waals surface area contributed by atoms with Crippen LogP contribution in [0.2, 0.25) is 0 Å². The molecule has 4 heteroatoms. The van der Waals surface area contributed by atoms with E-state index in [-0.39, 0.29) is 0 Å². The summed E-state index contributed by atoms with van der Waals surface area (Å²) in [7, 11) is 0. The van der Waals surface area contributed by atoms with E-state index in [0.717, 1.165) is 45.7 Å².